The summed E-state index contributed by atoms with van der Waals surface area (Å²) in [6.45, 7) is 1.89. The lowest BCUT2D eigenvalue weighted by Crippen LogP contribution is -2.51. The predicted molar refractivity (Wildman–Crippen MR) is 73.3 cm³/mol. The van der Waals surface area contributed by atoms with E-state index < -0.39 is 10.0 Å². The van der Waals surface area contributed by atoms with Gasteiger partial charge in [0.05, 0.1) is 12.3 Å². The highest BCUT2D eigenvalue weighted by atomic mass is 32.2. The molecule has 2 rings (SSSR count). The van der Waals surface area contributed by atoms with Gasteiger partial charge in [-0.3, -0.25) is 4.79 Å². The van der Waals surface area contributed by atoms with E-state index in [2.05, 4.69) is 5.32 Å². The maximum atomic E-state index is 12.2. The van der Waals surface area contributed by atoms with Gasteiger partial charge in [0.2, 0.25) is 15.9 Å². The molecule has 1 amide bonds. The fourth-order valence-electron chi connectivity index (χ4n) is 2.56. The monoisotopic (exact) mass is 289 g/mol. The van der Waals surface area contributed by atoms with E-state index in [-0.39, 0.29) is 18.2 Å². The number of sulfonamides is 1. The fraction of sp³-hybridized carbons (Fsp3) is 0.917. The maximum Gasteiger partial charge on any atom is 0.237 e. The molecular weight excluding hydrogens is 266 g/mol. The molecule has 0 bridgehead atoms. The van der Waals surface area contributed by atoms with Crippen LogP contribution in [0, 0.1) is 0 Å². The number of rotatable bonds is 4. The molecule has 0 aliphatic carbocycles. The largest absolute Gasteiger partial charge is 0.343 e. The van der Waals surface area contributed by atoms with Gasteiger partial charge in [0.1, 0.15) is 0 Å². The zero-order valence-electron chi connectivity index (χ0n) is 11.5. The quantitative estimate of drug-likeness (QED) is 0.766. The van der Waals surface area contributed by atoms with E-state index in [4.69, 9.17) is 0 Å². The lowest BCUT2D eigenvalue weighted by Gasteiger charge is -2.32. The average Bonchev–Trinajstić information content (AvgIpc) is 2.41. The summed E-state index contributed by atoms with van der Waals surface area (Å²) in [6.07, 6.45) is 4.04. The van der Waals surface area contributed by atoms with Crippen LogP contribution in [-0.2, 0) is 14.8 Å². The average molecular weight is 289 g/mol. The third kappa shape index (κ3) is 3.90. The Kier molecular flexibility index (Phi) is 4.81. The first-order chi connectivity index (χ1) is 8.99. The molecule has 2 heterocycles. The molecule has 0 saturated carbocycles. The molecule has 0 aromatic heterocycles. The Hall–Kier alpha value is -0.660. The topological polar surface area (TPSA) is 69.7 Å². The summed E-state index contributed by atoms with van der Waals surface area (Å²) >= 11 is 0. The Morgan fingerprint density at radius 1 is 1.32 bits per heavy atom. The fourth-order valence-corrected chi connectivity index (χ4v) is 4.07. The van der Waals surface area contributed by atoms with E-state index in [0.29, 0.717) is 25.6 Å². The normalized spacial score (nSPS) is 26.7. The van der Waals surface area contributed by atoms with Gasteiger partial charge in [-0.1, -0.05) is 6.42 Å². The van der Waals surface area contributed by atoms with Crippen LogP contribution in [0.25, 0.3) is 0 Å². The van der Waals surface area contributed by atoms with Crippen molar-refractivity contribution in [2.45, 2.75) is 31.7 Å². The highest BCUT2D eigenvalue weighted by Crippen LogP contribution is 2.14. The summed E-state index contributed by atoms with van der Waals surface area (Å²) < 4.78 is 25.7. The van der Waals surface area contributed by atoms with E-state index >= 15 is 0 Å². The predicted octanol–water partition coefficient (Wildman–Crippen LogP) is -0.378. The standard InChI is InChI=1S/C12H23N3O3S/c1-14-7-8-15(10-12(14)16)19(17,18)9-5-11-4-2-3-6-13-11/h11,13H,2-10H2,1H3. The van der Waals surface area contributed by atoms with Crippen LogP contribution in [0.3, 0.4) is 0 Å². The molecule has 110 valence electrons. The molecule has 2 aliphatic rings. The van der Waals surface area contributed by atoms with Gasteiger partial charge >= 0.3 is 0 Å². The van der Waals surface area contributed by atoms with E-state index in [0.717, 1.165) is 13.0 Å². The summed E-state index contributed by atoms with van der Waals surface area (Å²) in [5.41, 5.74) is 0. The number of piperidine rings is 1. The van der Waals surface area contributed by atoms with Crippen LogP contribution >= 0.6 is 0 Å². The molecule has 0 aromatic rings. The summed E-state index contributed by atoms with van der Waals surface area (Å²) in [6, 6.07) is 0.312. The summed E-state index contributed by atoms with van der Waals surface area (Å²) in [4.78, 5) is 13.1. The number of piperazine rings is 1. The van der Waals surface area contributed by atoms with Crippen LogP contribution in [0.1, 0.15) is 25.7 Å². The summed E-state index contributed by atoms with van der Waals surface area (Å²) in [7, 11) is -1.59. The maximum absolute atomic E-state index is 12.2. The molecule has 1 N–H and O–H groups in total. The third-order valence-electron chi connectivity index (χ3n) is 3.95. The molecule has 2 aliphatic heterocycles. The number of carbonyl (C=O) groups is 1. The minimum atomic E-state index is -3.29. The van der Waals surface area contributed by atoms with Crippen molar-refractivity contribution in [1.82, 2.24) is 14.5 Å². The van der Waals surface area contributed by atoms with E-state index in [9.17, 15) is 13.2 Å². The first-order valence-electron chi connectivity index (χ1n) is 6.94. The zero-order chi connectivity index (χ0) is 13.9. The van der Waals surface area contributed by atoms with E-state index in [1.54, 1.807) is 11.9 Å². The van der Waals surface area contributed by atoms with Gasteiger partial charge in [-0.25, -0.2) is 8.42 Å². The molecule has 2 saturated heterocycles. The van der Waals surface area contributed by atoms with Crippen molar-refractivity contribution in [3.63, 3.8) is 0 Å². The summed E-state index contributed by atoms with van der Waals surface area (Å²) in [5, 5.41) is 3.35. The minimum Gasteiger partial charge on any atom is -0.343 e. The number of nitrogens with zero attached hydrogens (tertiary/aromatic N) is 2. The van der Waals surface area contributed by atoms with Gasteiger partial charge in [0, 0.05) is 26.2 Å². The number of hydrogen-bond acceptors (Lipinski definition) is 4. The van der Waals surface area contributed by atoms with Gasteiger partial charge in [0.15, 0.2) is 0 Å². The highest BCUT2D eigenvalue weighted by Gasteiger charge is 2.30. The smallest absolute Gasteiger partial charge is 0.237 e. The van der Waals surface area contributed by atoms with Gasteiger partial charge in [-0.15, -0.1) is 0 Å². The van der Waals surface area contributed by atoms with Crippen LogP contribution in [0.5, 0.6) is 0 Å². The number of hydrogen-bond donors (Lipinski definition) is 1. The van der Waals surface area contributed by atoms with Crippen molar-refractivity contribution in [3.05, 3.63) is 0 Å². The highest BCUT2D eigenvalue weighted by molar-refractivity contribution is 7.89. The Labute approximate surface area is 115 Å². The van der Waals surface area contributed by atoms with Crippen LogP contribution in [0.15, 0.2) is 0 Å². The van der Waals surface area contributed by atoms with Gasteiger partial charge in [0.25, 0.3) is 0 Å². The Morgan fingerprint density at radius 2 is 2.11 bits per heavy atom. The van der Waals surface area contributed by atoms with Crippen LogP contribution in [0.2, 0.25) is 0 Å². The molecule has 2 fully saturated rings. The van der Waals surface area contributed by atoms with E-state index in [1.807, 2.05) is 0 Å². The lowest BCUT2D eigenvalue weighted by atomic mass is 10.0. The molecule has 0 aromatic carbocycles. The van der Waals surface area contributed by atoms with Crippen LogP contribution in [-0.4, -0.2) is 68.6 Å². The number of carbonyl (C=O) groups excluding carboxylic acids is 1. The van der Waals surface area contributed by atoms with Gasteiger partial charge in [-0.2, -0.15) is 4.31 Å². The first kappa shape index (κ1) is 14.7. The second kappa shape index (κ2) is 6.19. The summed E-state index contributed by atoms with van der Waals surface area (Å²) in [5.74, 6) is 0.0207. The molecule has 1 unspecified atom stereocenters. The Morgan fingerprint density at radius 3 is 2.74 bits per heavy atom. The Balaban J connectivity index is 1.85. The van der Waals surface area contributed by atoms with Crippen molar-refractivity contribution in [2.75, 3.05) is 39.0 Å². The second-order valence-electron chi connectivity index (χ2n) is 5.40. The number of nitrogens with one attached hydrogen (secondary N) is 1. The molecule has 19 heavy (non-hydrogen) atoms. The second-order valence-corrected chi connectivity index (χ2v) is 7.49. The van der Waals surface area contributed by atoms with Crippen molar-refractivity contribution in [3.8, 4) is 0 Å². The van der Waals surface area contributed by atoms with E-state index in [1.165, 1.54) is 17.1 Å². The molecule has 0 radical (unpaired) electrons. The molecule has 0 spiro atoms. The van der Waals surface area contributed by atoms with Crippen LogP contribution < -0.4 is 5.32 Å². The lowest BCUT2D eigenvalue weighted by molar-refractivity contribution is -0.132. The van der Waals surface area contributed by atoms with Crippen molar-refractivity contribution >= 4 is 15.9 Å². The van der Waals surface area contributed by atoms with Gasteiger partial charge < -0.3 is 10.2 Å². The van der Waals surface area contributed by atoms with Crippen molar-refractivity contribution < 1.29 is 13.2 Å². The molecular formula is C12H23N3O3S. The first-order valence-corrected chi connectivity index (χ1v) is 8.55. The van der Waals surface area contributed by atoms with Crippen LogP contribution in [0.4, 0.5) is 0 Å². The van der Waals surface area contributed by atoms with Crippen molar-refractivity contribution in [2.24, 2.45) is 0 Å². The van der Waals surface area contributed by atoms with Crippen molar-refractivity contribution in [1.29, 1.82) is 0 Å². The molecule has 7 heteroatoms. The zero-order valence-corrected chi connectivity index (χ0v) is 12.3. The SMILES string of the molecule is CN1CCN(S(=O)(=O)CCC2CCCCN2)CC1=O. The third-order valence-corrected chi connectivity index (χ3v) is 5.80. The molecule has 6 nitrogen and oxygen atoms in total. The number of amides is 1. The molecule has 1 atom stereocenters. The minimum absolute atomic E-state index is 0.00305. The van der Waals surface area contributed by atoms with Gasteiger partial charge in [-0.05, 0) is 25.8 Å². The Bertz CT molecular complexity index is 418. The number of likely N-dealkylation sites (N-methyl/N-ethyl adjacent to an activating group) is 1.